The third-order valence-corrected chi connectivity index (χ3v) is 4.15. The second-order valence-electron chi connectivity index (χ2n) is 5.59. The van der Waals surface area contributed by atoms with Gasteiger partial charge in [-0.05, 0) is 35.2 Å². The first kappa shape index (κ1) is 13.1. The first-order valence-corrected chi connectivity index (χ1v) is 7.28. The van der Waals surface area contributed by atoms with E-state index in [2.05, 4.69) is 29.6 Å². The molecule has 0 aliphatic heterocycles. The molecule has 1 fully saturated rings. The van der Waals surface area contributed by atoms with Gasteiger partial charge < -0.3 is 5.73 Å². The van der Waals surface area contributed by atoms with Crippen molar-refractivity contribution >= 4 is 16.7 Å². The second kappa shape index (κ2) is 5.63. The molecule has 3 heteroatoms. The van der Waals surface area contributed by atoms with Crippen LogP contribution in [0.3, 0.4) is 0 Å². The summed E-state index contributed by atoms with van der Waals surface area (Å²) in [6.07, 6.45) is 4.75. The predicted molar refractivity (Wildman–Crippen MR) is 81.3 cm³/mol. The zero-order valence-corrected chi connectivity index (χ0v) is 11.5. The molecule has 1 saturated carbocycles. The van der Waals surface area contributed by atoms with Gasteiger partial charge in [-0.25, -0.2) is 0 Å². The number of carbonyl (C=O) groups excluding carboxylic acids is 1. The van der Waals surface area contributed by atoms with Crippen LogP contribution in [-0.4, -0.2) is 11.9 Å². The summed E-state index contributed by atoms with van der Waals surface area (Å²) in [4.78, 5) is 11.8. The SMILES string of the molecule is NC(=O)C(NC1CCCC1)c1ccc2ccccc2c1. The summed E-state index contributed by atoms with van der Waals surface area (Å²) in [5.74, 6) is -0.299. The van der Waals surface area contributed by atoms with Crippen LogP contribution in [-0.2, 0) is 4.79 Å². The highest BCUT2D eigenvalue weighted by Gasteiger charge is 2.23. The second-order valence-corrected chi connectivity index (χ2v) is 5.59. The molecule has 1 aliphatic carbocycles. The summed E-state index contributed by atoms with van der Waals surface area (Å²) in [7, 11) is 0. The fraction of sp³-hybridized carbons (Fsp3) is 0.353. The average molecular weight is 268 g/mol. The van der Waals surface area contributed by atoms with Crippen molar-refractivity contribution in [3.05, 3.63) is 48.0 Å². The van der Waals surface area contributed by atoms with Crippen molar-refractivity contribution in [2.24, 2.45) is 5.73 Å². The number of benzene rings is 2. The van der Waals surface area contributed by atoms with Crippen LogP contribution in [0.25, 0.3) is 10.8 Å². The summed E-state index contributed by atoms with van der Waals surface area (Å²) < 4.78 is 0. The molecule has 3 N–H and O–H groups in total. The van der Waals surface area contributed by atoms with Crippen molar-refractivity contribution in [2.75, 3.05) is 0 Å². The maximum atomic E-state index is 11.8. The molecule has 1 aliphatic rings. The van der Waals surface area contributed by atoms with Crippen molar-refractivity contribution in [1.82, 2.24) is 5.32 Å². The highest BCUT2D eigenvalue weighted by atomic mass is 16.1. The van der Waals surface area contributed by atoms with Crippen molar-refractivity contribution in [3.63, 3.8) is 0 Å². The Balaban J connectivity index is 1.89. The van der Waals surface area contributed by atoms with Crippen molar-refractivity contribution in [1.29, 1.82) is 0 Å². The maximum Gasteiger partial charge on any atom is 0.239 e. The van der Waals surface area contributed by atoms with Crippen molar-refractivity contribution < 1.29 is 4.79 Å². The van der Waals surface area contributed by atoms with Gasteiger partial charge in [0.2, 0.25) is 5.91 Å². The van der Waals surface area contributed by atoms with Crippen molar-refractivity contribution in [3.8, 4) is 0 Å². The number of amides is 1. The van der Waals surface area contributed by atoms with Gasteiger partial charge >= 0.3 is 0 Å². The van der Waals surface area contributed by atoms with Crippen LogP contribution in [0, 0.1) is 0 Å². The molecule has 0 heterocycles. The van der Waals surface area contributed by atoms with E-state index in [1.807, 2.05) is 18.2 Å². The number of hydrogen-bond donors (Lipinski definition) is 2. The Morgan fingerprint density at radius 2 is 1.80 bits per heavy atom. The Morgan fingerprint density at radius 1 is 1.10 bits per heavy atom. The van der Waals surface area contributed by atoms with Gasteiger partial charge in [0.15, 0.2) is 0 Å². The summed E-state index contributed by atoms with van der Waals surface area (Å²) in [6, 6.07) is 14.3. The van der Waals surface area contributed by atoms with Crippen LogP contribution in [0.5, 0.6) is 0 Å². The third kappa shape index (κ3) is 2.68. The minimum absolute atomic E-state index is 0.299. The van der Waals surface area contributed by atoms with E-state index in [0.717, 1.165) is 23.8 Å². The molecule has 1 amide bonds. The van der Waals surface area contributed by atoms with Crippen LogP contribution in [0.2, 0.25) is 0 Å². The molecule has 0 spiro atoms. The largest absolute Gasteiger partial charge is 0.368 e. The zero-order valence-electron chi connectivity index (χ0n) is 11.5. The normalized spacial score (nSPS) is 17.4. The number of hydrogen-bond acceptors (Lipinski definition) is 2. The first-order valence-electron chi connectivity index (χ1n) is 7.28. The van der Waals surface area contributed by atoms with Crippen LogP contribution in [0.15, 0.2) is 42.5 Å². The highest BCUT2D eigenvalue weighted by molar-refractivity contribution is 5.86. The molecule has 0 saturated heterocycles. The summed E-state index contributed by atoms with van der Waals surface area (Å²) in [6.45, 7) is 0. The third-order valence-electron chi connectivity index (χ3n) is 4.15. The van der Waals surface area contributed by atoms with Gasteiger partial charge in [-0.1, -0.05) is 49.2 Å². The van der Waals surface area contributed by atoms with E-state index in [1.54, 1.807) is 0 Å². The van der Waals surface area contributed by atoms with Gasteiger partial charge in [0.1, 0.15) is 6.04 Å². The molecule has 0 aromatic heterocycles. The number of primary amides is 1. The number of nitrogens with one attached hydrogen (secondary N) is 1. The predicted octanol–water partition coefficient (Wildman–Crippen LogP) is 2.90. The van der Waals surface area contributed by atoms with Crippen LogP contribution >= 0.6 is 0 Å². The molecule has 1 atom stereocenters. The first-order chi connectivity index (χ1) is 9.74. The Morgan fingerprint density at radius 3 is 2.50 bits per heavy atom. The van der Waals surface area contributed by atoms with E-state index in [4.69, 9.17) is 5.73 Å². The minimum atomic E-state index is -0.386. The molecular formula is C17H20N2O. The van der Waals surface area contributed by atoms with Gasteiger partial charge in [-0.2, -0.15) is 0 Å². The van der Waals surface area contributed by atoms with Crippen molar-refractivity contribution in [2.45, 2.75) is 37.8 Å². The molecule has 3 nitrogen and oxygen atoms in total. The number of carbonyl (C=O) groups is 1. The lowest BCUT2D eigenvalue weighted by molar-refractivity contribution is -0.120. The molecule has 3 rings (SSSR count). The molecule has 1 unspecified atom stereocenters. The molecule has 104 valence electrons. The van der Waals surface area contributed by atoms with E-state index in [-0.39, 0.29) is 11.9 Å². The van der Waals surface area contributed by atoms with Gasteiger partial charge in [0, 0.05) is 6.04 Å². The lowest BCUT2D eigenvalue weighted by Gasteiger charge is -2.21. The zero-order chi connectivity index (χ0) is 13.9. The highest BCUT2D eigenvalue weighted by Crippen LogP contribution is 2.24. The fourth-order valence-corrected chi connectivity index (χ4v) is 3.06. The molecule has 2 aromatic rings. The van der Waals surface area contributed by atoms with E-state index in [1.165, 1.54) is 18.2 Å². The quantitative estimate of drug-likeness (QED) is 0.895. The Bertz CT molecular complexity index is 617. The number of nitrogens with two attached hydrogens (primary N) is 1. The average Bonchev–Trinajstić information content (AvgIpc) is 2.97. The smallest absolute Gasteiger partial charge is 0.239 e. The maximum absolute atomic E-state index is 11.8. The topological polar surface area (TPSA) is 55.1 Å². The van der Waals surface area contributed by atoms with E-state index in [9.17, 15) is 4.79 Å². The summed E-state index contributed by atoms with van der Waals surface area (Å²) >= 11 is 0. The molecule has 20 heavy (non-hydrogen) atoms. The van der Waals surface area contributed by atoms with E-state index in [0.29, 0.717) is 6.04 Å². The number of fused-ring (bicyclic) bond motifs is 1. The molecule has 2 aromatic carbocycles. The van der Waals surface area contributed by atoms with Gasteiger partial charge in [0.05, 0.1) is 0 Å². The van der Waals surface area contributed by atoms with Crippen LogP contribution < -0.4 is 11.1 Å². The number of rotatable bonds is 4. The molecule has 0 radical (unpaired) electrons. The minimum Gasteiger partial charge on any atom is -0.368 e. The monoisotopic (exact) mass is 268 g/mol. The lowest BCUT2D eigenvalue weighted by Crippen LogP contribution is -2.38. The summed E-state index contributed by atoms with van der Waals surface area (Å²) in [5, 5.41) is 5.75. The van der Waals surface area contributed by atoms with E-state index >= 15 is 0 Å². The van der Waals surface area contributed by atoms with E-state index < -0.39 is 0 Å². The Kier molecular flexibility index (Phi) is 3.70. The molecular weight excluding hydrogens is 248 g/mol. The van der Waals surface area contributed by atoms with Gasteiger partial charge in [0.25, 0.3) is 0 Å². The van der Waals surface area contributed by atoms with Crippen LogP contribution in [0.1, 0.15) is 37.3 Å². The molecule has 0 bridgehead atoms. The lowest BCUT2D eigenvalue weighted by atomic mass is 10.0. The van der Waals surface area contributed by atoms with Crippen LogP contribution in [0.4, 0.5) is 0 Å². The standard InChI is InChI=1S/C17H20N2O/c18-17(20)16(19-15-7-3-4-8-15)14-10-9-12-5-1-2-6-13(12)11-14/h1-2,5-6,9-11,15-16,19H,3-4,7-8H2,(H2,18,20). The Labute approximate surface area is 119 Å². The fourth-order valence-electron chi connectivity index (χ4n) is 3.06. The van der Waals surface area contributed by atoms with Gasteiger partial charge in [-0.3, -0.25) is 10.1 Å². The van der Waals surface area contributed by atoms with Gasteiger partial charge in [-0.15, -0.1) is 0 Å². The Hall–Kier alpha value is -1.87. The summed E-state index contributed by atoms with van der Waals surface area (Å²) in [5.41, 5.74) is 6.55.